The van der Waals surface area contributed by atoms with Gasteiger partial charge in [0.05, 0.1) is 0 Å². The van der Waals surface area contributed by atoms with Gasteiger partial charge in [-0.1, -0.05) is 42.5 Å². The quantitative estimate of drug-likeness (QED) is 0.601. The number of benzene rings is 2. The average Bonchev–Trinajstić information content (AvgIpc) is 2.68. The summed E-state index contributed by atoms with van der Waals surface area (Å²) in [7, 11) is 0. The molecule has 0 N–H and O–H groups in total. The molecule has 0 saturated heterocycles. The minimum Gasteiger partial charge on any atom is -0.449 e. The van der Waals surface area contributed by atoms with Gasteiger partial charge in [-0.2, -0.15) is 0 Å². The molecule has 0 aliphatic rings. The van der Waals surface area contributed by atoms with Gasteiger partial charge in [-0.25, -0.2) is 0 Å². The first-order valence-corrected chi connectivity index (χ1v) is 6.29. The smallest absolute Gasteiger partial charge is 0.178 e. The molecule has 0 unspecified atom stereocenters. The van der Waals surface area contributed by atoms with Crippen molar-refractivity contribution in [3.8, 4) is 11.1 Å². The summed E-state index contributed by atoms with van der Waals surface area (Å²) in [5, 5.41) is 1.19. The standard InChI is InChI=1S/C15H11BrO/c1-10-6-5-9-12-13(10)14(15(16)17-12)11-7-3-2-4-8-11/h2-9H,1H3. The molecule has 0 spiro atoms. The van der Waals surface area contributed by atoms with Crippen molar-refractivity contribution in [3.63, 3.8) is 0 Å². The van der Waals surface area contributed by atoms with E-state index in [0.717, 1.165) is 15.8 Å². The molecule has 0 aliphatic carbocycles. The zero-order valence-electron chi connectivity index (χ0n) is 9.41. The third kappa shape index (κ3) is 1.69. The third-order valence-corrected chi connectivity index (χ3v) is 3.50. The highest BCUT2D eigenvalue weighted by Gasteiger charge is 2.14. The van der Waals surface area contributed by atoms with E-state index in [-0.39, 0.29) is 0 Å². The molecule has 1 aromatic heterocycles. The molecule has 0 aliphatic heterocycles. The summed E-state index contributed by atoms with van der Waals surface area (Å²) in [4.78, 5) is 0. The van der Waals surface area contributed by atoms with E-state index < -0.39 is 0 Å². The van der Waals surface area contributed by atoms with Crippen molar-refractivity contribution in [2.45, 2.75) is 6.92 Å². The van der Waals surface area contributed by atoms with E-state index in [9.17, 15) is 0 Å². The summed E-state index contributed by atoms with van der Waals surface area (Å²) in [5.74, 6) is 0. The maximum absolute atomic E-state index is 5.75. The summed E-state index contributed by atoms with van der Waals surface area (Å²) < 4.78 is 6.55. The first-order chi connectivity index (χ1) is 8.27. The highest BCUT2D eigenvalue weighted by molar-refractivity contribution is 9.10. The molecule has 17 heavy (non-hydrogen) atoms. The number of fused-ring (bicyclic) bond motifs is 1. The van der Waals surface area contributed by atoms with Crippen molar-refractivity contribution in [1.82, 2.24) is 0 Å². The van der Waals surface area contributed by atoms with Crippen LogP contribution >= 0.6 is 15.9 Å². The monoisotopic (exact) mass is 286 g/mol. The van der Waals surface area contributed by atoms with Crippen molar-refractivity contribution in [1.29, 1.82) is 0 Å². The lowest BCUT2D eigenvalue weighted by atomic mass is 10.0. The lowest BCUT2D eigenvalue weighted by Gasteiger charge is -2.01. The molecule has 3 aromatic rings. The lowest BCUT2D eigenvalue weighted by Crippen LogP contribution is -1.79. The van der Waals surface area contributed by atoms with Gasteiger partial charge < -0.3 is 4.42 Å². The highest BCUT2D eigenvalue weighted by Crippen LogP contribution is 2.39. The second-order valence-corrected chi connectivity index (χ2v) is 4.79. The molecule has 1 nitrogen and oxygen atoms in total. The van der Waals surface area contributed by atoms with Crippen LogP contribution < -0.4 is 0 Å². The maximum Gasteiger partial charge on any atom is 0.178 e. The summed E-state index contributed by atoms with van der Waals surface area (Å²) in [6, 6.07) is 16.4. The van der Waals surface area contributed by atoms with Crippen LogP contribution in [0.4, 0.5) is 0 Å². The fourth-order valence-corrected chi connectivity index (χ4v) is 2.76. The Labute approximate surface area is 108 Å². The van der Waals surface area contributed by atoms with Gasteiger partial charge in [0.15, 0.2) is 4.67 Å². The molecule has 2 aromatic carbocycles. The second-order valence-electron chi connectivity index (χ2n) is 4.06. The van der Waals surface area contributed by atoms with Gasteiger partial charge in [0.1, 0.15) is 5.58 Å². The Hall–Kier alpha value is -1.54. The number of hydrogen-bond acceptors (Lipinski definition) is 1. The predicted octanol–water partition coefficient (Wildman–Crippen LogP) is 5.17. The molecule has 0 bridgehead atoms. The zero-order valence-corrected chi connectivity index (χ0v) is 11.0. The molecule has 0 amide bonds. The van der Waals surface area contributed by atoms with E-state index in [1.54, 1.807) is 0 Å². The normalized spacial score (nSPS) is 10.9. The van der Waals surface area contributed by atoms with Crippen molar-refractivity contribution in [2.24, 2.45) is 0 Å². The minimum atomic E-state index is 0.799. The summed E-state index contributed by atoms with van der Waals surface area (Å²) >= 11 is 3.51. The highest BCUT2D eigenvalue weighted by atomic mass is 79.9. The lowest BCUT2D eigenvalue weighted by molar-refractivity contribution is 0.589. The van der Waals surface area contributed by atoms with Crippen LogP contribution in [0.3, 0.4) is 0 Å². The van der Waals surface area contributed by atoms with Crippen LogP contribution in [-0.2, 0) is 0 Å². The molecule has 0 saturated carbocycles. The molecule has 3 rings (SSSR count). The van der Waals surface area contributed by atoms with Gasteiger partial charge in [-0.15, -0.1) is 0 Å². The van der Waals surface area contributed by atoms with E-state index >= 15 is 0 Å². The Morgan fingerprint density at radius 2 is 1.71 bits per heavy atom. The van der Waals surface area contributed by atoms with Gasteiger partial charge in [-0.3, -0.25) is 0 Å². The van der Waals surface area contributed by atoms with Crippen LogP contribution in [0.1, 0.15) is 5.56 Å². The van der Waals surface area contributed by atoms with E-state index in [2.05, 4.69) is 41.1 Å². The number of hydrogen-bond donors (Lipinski definition) is 0. The van der Waals surface area contributed by atoms with Crippen molar-refractivity contribution >= 4 is 26.9 Å². The van der Waals surface area contributed by atoms with Crippen LogP contribution in [0.2, 0.25) is 0 Å². The molecular formula is C15H11BrO. The SMILES string of the molecule is Cc1cccc2oc(Br)c(-c3ccccc3)c12. The van der Waals surface area contributed by atoms with E-state index in [1.165, 1.54) is 16.5 Å². The largest absolute Gasteiger partial charge is 0.449 e. The average molecular weight is 287 g/mol. The maximum atomic E-state index is 5.75. The predicted molar refractivity (Wildman–Crippen MR) is 74.1 cm³/mol. The Balaban J connectivity index is 2.40. The Morgan fingerprint density at radius 1 is 0.941 bits per heavy atom. The molecule has 0 radical (unpaired) electrons. The van der Waals surface area contributed by atoms with Crippen LogP contribution in [0, 0.1) is 6.92 Å². The summed E-state index contributed by atoms with van der Waals surface area (Å²) in [6.45, 7) is 2.11. The van der Waals surface area contributed by atoms with Gasteiger partial charge >= 0.3 is 0 Å². The van der Waals surface area contributed by atoms with Gasteiger partial charge in [0.2, 0.25) is 0 Å². The van der Waals surface area contributed by atoms with Gasteiger partial charge in [0.25, 0.3) is 0 Å². The third-order valence-electron chi connectivity index (χ3n) is 2.94. The van der Waals surface area contributed by atoms with E-state index in [1.807, 2.05) is 30.3 Å². The zero-order chi connectivity index (χ0) is 11.8. The number of rotatable bonds is 1. The molecule has 1 heterocycles. The fraction of sp³-hybridized carbons (Fsp3) is 0.0667. The van der Waals surface area contributed by atoms with Crippen LogP contribution in [0.25, 0.3) is 22.1 Å². The first-order valence-electron chi connectivity index (χ1n) is 5.50. The van der Waals surface area contributed by atoms with Crippen LogP contribution in [0.15, 0.2) is 57.6 Å². The molecule has 0 fully saturated rings. The van der Waals surface area contributed by atoms with Gasteiger partial charge in [0, 0.05) is 10.9 Å². The Bertz CT molecular complexity index is 668. The topological polar surface area (TPSA) is 13.1 Å². The van der Waals surface area contributed by atoms with Crippen molar-refractivity contribution in [3.05, 3.63) is 58.8 Å². The van der Waals surface area contributed by atoms with Crippen LogP contribution in [-0.4, -0.2) is 0 Å². The first kappa shape index (κ1) is 10.6. The molecule has 84 valence electrons. The molecule has 0 atom stereocenters. The van der Waals surface area contributed by atoms with E-state index in [0.29, 0.717) is 0 Å². The van der Waals surface area contributed by atoms with Crippen molar-refractivity contribution < 1.29 is 4.42 Å². The second kappa shape index (κ2) is 4.04. The Kier molecular flexibility index (Phi) is 2.52. The van der Waals surface area contributed by atoms with Crippen molar-refractivity contribution in [2.75, 3.05) is 0 Å². The summed E-state index contributed by atoms with van der Waals surface area (Å²) in [6.07, 6.45) is 0. The number of halogens is 1. The van der Waals surface area contributed by atoms with E-state index in [4.69, 9.17) is 4.42 Å². The Morgan fingerprint density at radius 3 is 2.47 bits per heavy atom. The number of furan rings is 1. The fourth-order valence-electron chi connectivity index (χ4n) is 2.15. The molecule has 2 heteroatoms. The van der Waals surface area contributed by atoms with Crippen LogP contribution in [0.5, 0.6) is 0 Å². The number of aryl methyl sites for hydroxylation is 1. The summed E-state index contributed by atoms with van der Waals surface area (Å²) in [5.41, 5.74) is 4.47. The molecular weight excluding hydrogens is 276 g/mol. The minimum absolute atomic E-state index is 0.799. The van der Waals surface area contributed by atoms with Gasteiger partial charge in [-0.05, 0) is 40.0 Å².